The molecule has 0 aliphatic carbocycles. The Balaban J connectivity index is 3.20. The number of allylic oxidation sites excluding steroid dienone is 4. The van der Waals surface area contributed by atoms with E-state index in [1.165, 1.54) is 212 Å². The molecule has 2 heteroatoms. The first-order valence-electron chi connectivity index (χ1n) is 21.3. The summed E-state index contributed by atoms with van der Waals surface area (Å²) in [6.45, 7) is 5.20. The fraction of sp³-hybridized carbons (Fsp3) is 0.886. The zero-order valence-corrected chi connectivity index (χ0v) is 31.8. The van der Waals surface area contributed by atoms with Crippen LogP contribution in [0, 0.1) is 0 Å². The molecule has 272 valence electrons. The van der Waals surface area contributed by atoms with Crippen molar-refractivity contribution in [1.29, 1.82) is 0 Å². The summed E-state index contributed by atoms with van der Waals surface area (Å²) in [6.07, 6.45) is 57.0. The Hall–Kier alpha value is -1.05. The molecule has 0 aliphatic rings. The fourth-order valence-corrected chi connectivity index (χ4v) is 6.36. The average Bonchev–Trinajstić information content (AvgIpc) is 3.06. The van der Waals surface area contributed by atoms with Gasteiger partial charge in [0.2, 0.25) is 0 Å². The molecule has 0 rings (SSSR count). The summed E-state index contributed by atoms with van der Waals surface area (Å²) in [5.74, 6) is 0.0225. The smallest absolute Gasteiger partial charge is 0.305 e. The molecule has 0 fully saturated rings. The largest absolute Gasteiger partial charge is 0.466 e. The predicted octanol–water partition coefficient (Wildman–Crippen LogP) is 15.7. The van der Waals surface area contributed by atoms with Gasteiger partial charge in [0.15, 0.2) is 0 Å². The Morgan fingerprint density at radius 2 is 0.609 bits per heavy atom. The SMILES string of the molecule is CCCCCCCC/C=C/CCCCCCCCCCCCOC(=O)CCCCCCCCCCC/C=C/CCCCCCCC. The fourth-order valence-electron chi connectivity index (χ4n) is 6.36. The van der Waals surface area contributed by atoms with E-state index in [1.54, 1.807) is 0 Å². The van der Waals surface area contributed by atoms with Gasteiger partial charge in [0.05, 0.1) is 6.61 Å². The highest BCUT2D eigenvalue weighted by molar-refractivity contribution is 5.69. The van der Waals surface area contributed by atoms with E-state index in [0.717, 1.165) is 12.8 Å². The van der Waals surface area contributed by atoms with Gasteiger partial charge >= 0.3 is 5.97 Å². The lowest BCUT2D eigenvalue weighted by Crippen LogP contribution is -2.05. The van der Waals surface area contributed by atoms with E-state index in [4.69, 9.17) is 4.74 Å². The third-order valence-corrected chi connectivity index (χ3v) is 9.56. The number of ether oxygens (including phenoxy) is 1. The first-order chi connectivity index (χ1) is 22.8. The van der Waals surface area contributed by atoms with Gasteiger partial charge in [-0.25, -0.2) is 0 Å². The van der Waals surface area contributed by atoms with Crippen molar-refractivity contribution < 1.29 is 9.53 Å². The van der Waals surface area contributed by atoms with Gasteiger partial charge in [-0.1, -0.05) is 199 Å². The standard InChI is InChI=1S/C44H84O2/c1-3-5-7-9-11-13-15-17-19-21-23-25-27-29-31-33-35-37-39-41-43-46-44(45)42-40-38-36-34-32-30-28-26-24-22-20-18-16-14-12-10-8-6-4-2/h17-20H,3-16,21-43H2,1-2H3/b19-17+,20-18+. The molecule has 0 N–H and O–H groups in total. The van der Waals surface area contributed by atoms with E-state index in [9.17, 15) is 4.79 Å². The zero-order valence-electron chi connectivity index (χ0n) is 31.8. The third kappa shape index (κ3) is 41.0. The number of hydrogen-bond donors (Lipinski definition) is 0. The summed E-state index contributed by atoms with van der Waals surface area (Å²) in [7, 11) is 0. The van der Waals surface area contributed by atoms with Crippen LogP contribution in [0.4, 0.5) is 0 Å². The molecule has 0 aromatic carbocycles. The second-order valence-corrected chi connectivity index (χ2v) is 14.3. The van der Waals surface area contributed by atoms with Crippen LogP contribution in [-0.2, 0) is 9.53 Å². The molecule has 0 aromatic rings. The van der Waals surface area contributed by atoms with Crippen molar-refractivity contribution in [2.24, 2.45) is 0 Å². The van der Waals surface area contributed by atoms with Crippen LogP contribution in [0.25, 0.3) is 0 Å². The minimum Gasteiger partial charge on any atom is -0.466 e. The molecule has 0 aliphatic heterocycles. The van der Waals surface area contributed by atoms with Gasteiger partial charge in [0.1, 0.15) is 0 Å². The van der Waals surface area contributed by atoms with Crippen LogP contribution in [0.2, 0.25) is 0 Å². The number of carbonyl (C=O) groups is 1. The molecule has 0 atom stereocenters. The van der Waals surface area contributed by atoms with Crippen LogP contribution in [-0.4, -0.2) is 12.6 Å². The number of esters is 1. The summed E-state index contributed by atoms with van der Waals surface area (Å²) in [5, 5.41) is 0. The summed E-state index contributed by atoms with van der Waals surface area (Å²) < 4.78 is 5.47. The topological polar surface area (TPSA) is 26.3 Å². The number of hydrogen-bond acceptors (Lipinski definition) is 2. The molecule has 0 saturated heterocycles. The molecular weight excluding hydrogens is 560 g/mol. The quantitative estimate of drug-likeness (QED) is 0.0378. The van der Waals surface area contributed by atoms with Gasteiger partial charge in [-0.15, -0.1) is 0 Å². The molecule has 46 heavy (non-hydrogen) atoms. The lowest BCUT2D eigenvalue weighted by molar-refractivity contribution is -0.143. The third-order valence-electron chi connectivity index (χ3n) is 9.56. The number of unbranched alkanes of at least 4 members (excludes halogenated alkanes) is 31. The second kappa shape index (κ2) is 42.0. The first kappa shape index (κ1) is 45.0. The van der Waals surface area contributed by atoms with Crippen molar-refractivity contribution in [3.8, 4) is 0 Å². The molecule has 0 bridgehead atoms. The van der Waals surface area contributed by atoms with Crippen LogP contribution in [0.1, 0.15) is 245 Å². The summed E-state index contributed by atoms with van der Waals surface area (Å²) >= 11 is 0. The predicted molar refractivity (Wildman–Crippen MR) is 207 cm³/mol. The Kier molecular flexibility index (Phi) is 41.0. The van der Waals surface area contributed by atoms with E-state index in [0.29, 0.717) is 13.0 Å². The van der Waals surface area contributed by atoms with Gasteiger partial charge in [0.25, 0.3) is 0 Å². The average molecular weight is 645 g/mol. The molecular formula is C44H84O2. The lowest BCUT2D eigenvalue weighted by Gasteiger charge is -2.06. The van der Waals surface area contributed by atoms with E-state index in [2.05, 4.69) is 38.2 Å². The van der Waals surface area contributed by atoms with Crippen LogP contribution in [0.15, 0.2) is 24.3 Å². The van der Waals surface area contributed by atoms with Crippen LogP contribution < -0.4 is 0 Å². The van der Waals surface area contributed by atoms with Gasteiger partial charge in [0, 0.05) is 6.42 Å². The minimum atomic E-state index is 0.0225. The zero-order chi connectivity index (χ0) is 33.3. The maximum absolute atomic E-state index is 12.0. The first-order valence-corrected chi connectivity index (χ1v) is 21.3. The minimum absolute atomic E-state index is 0.0225. The van der Waals surface area contributed by atoms with Gasteiger partial charge in [-0.3, -0.25) is 4.79 Å². The second-order valence-electron chi connectivity index (χ2n) is 14.3. The molecule has 0 amide bonds. The van der Waals surface area contributed by atoms with E-state index < -0.39 is 0 Å². The van der Waals surface area contributed by atoms with E-state index in [1.807, 2.05) is 0 Å². The molecule has 0 unspecified atom stereocenters. The Labute approximate surface area is 290 Å². The lowest BCUT2D eigenvalue weighted by atomic mass is 10.1. The van der Waals surface area contributed by atoms with Crippen molar-refractivity contribution >= 4 is 5.97 Å². The summed E-state index contributed by atoms with van der Waals surface area (Å²) in [5.41, 5.74) is 0. The van der Waals surface area contributed by atoms with Gasteiger partial charge < -0.3 is 4.74 Å². The van der Waals surface area contributed by atoms with E-state index in [-0.39, 0.29) is 5.97 Å². The Bertz CT molecular complexity index is 621. The highest BCUT2D eigenvalue weighted by atomic mass is 16.5. The molecule has 0 heterocycles. The molecule has 0 saturated carbocycles. The van der Waals surface area contributed by atoms with Crippen molar-refractivity contribution in [3.63, 3.8) is 0 Å². The number of rotatable bonds is 39. The van der Waals surface area contributed by atoms with Crippen LogP contribution >= 0.6 is 0 Å². The summed E-state index contributed by atoms with van der Waals surface area (Å²) in [6, 6.07) is 0. The van der Waals surface area contributed by atoms with Gasteiger partial charge in [-0.2, -0.15) is 0 Å². The van der Waals surface area contributed by atoms with Crippen molar-refractivity contribution in [2.45, 2.75) is 245 Å². The monoisotopic (exact) mass is 645 g/mol. The molecule has 0 spiro atoms. The van der Waals surface area contributed by atoms with Crippen LogP contribution in [0.5, 0.6) is 0 Å². The maximum Gasteiger partial charge on any atom is 0.305 e. The summed E-state index contributed by atoms with van der Waals surface area (Å²) in [4.78, 5) is 12.0. The maximum atomic E-state index is 12.0. The van der Waals surface area contributed by atoms with Gasteiger partial charge in [-0.05, 0) is 64.2 Å². The van der Waals surface area contributed by atoms with Crippen molar-refractivity contribution in [1.82, 2.24) is 0 Å². The number of carbonyl (C=O) groups excluding carboxylic acids is 1. The highest BCUT2D eigenvalue weighted by Gasteiger charge is 2.03. The van der Waals surface area contributed by atoms with Crippen molar-refractivity contribution in [2.75, 3.05) is 6.61 Å². The normalized spacial score (nSPS) is 11.8. The molecule has 0 aromatic heterocycles. The Morgan fingerprint density at radius 1 is 0.348 bits per heavy atom. The Morgan fingerprint density at radius 3 is 0.935 bits per heavy atom. The molecule has 0 radical (unpaired) electrons. The van der Waals surface area contributed by atoms with Crippen molar-refractivity contribution in [3.05, 3.63) is 24.3 Å². The van der Waals surface area contributed by atoms with Crippen LogP contribution in [0.3, 0.4) is 0 Å². The highest BCUT2D eigenvalue weighted by Crippen LogP contribution is 2.14. The molecule has 2 nitrogen and oxygen atoms in total. The van der Waals surface area contributed by atoms with E-state index >= 15 is 0 Å².